The Bertz CT molecular complexity index is 2640. The van der Waals surface area contributed by atoms with Crippen molar-refractivity contribution in [2.24, 2.45) is 0 Å². The third-order valence-electron chi connectivity index (χ3n) is 9.40. The first-order valence-electron chi connectivity index (χ1n) is 17.1. The lowest BCUT2D eigenvalue weighted by molar-refractivity contribution is 0.669. The van der Waals surface area contributed by atoms with Gasteiger partial charge >= 0.3 is 0 Å². The van der Waals surface area contributed by atoms with Crippen molar-refractivity contribution in [3.8, 4) is 67.5 Å². The van der Waals surface area contributed by atoms with Gasteiger partial charge in [0, 0.05) is 38.9 Å². The Balaban J connectivity index is 1.19. The molecular formula is C46H32N4O. The average molecular weight is 657 g/mol. The van der Waals surface area contributed by atoms with Crippen molar-refractivity contribution in [2.45, 2.75) is 13.8 Å². The summed E-state index contributed by atoms with van der Waals surface area (Å²) in [5.74, 6) is 1.74. The lowest BCUT2D eigenvalue weighted by Crippen LogP contribution is -2.02. The van der Waals surface area contributed by atoms with Crippen LogP contribution < -0.4 is 0 Å². The third-order valence-corrected chi connectivity index (χ3v) is 9.40. The van der Waals surface area contributed by atoms with E-state index < -0.39 is 0 Å². The van der Waals surface area contributed by atoms with Gasteiger partial charge in [-0.3, -0.25) is 4.98 Å². The van der Waals surface area contributed by atoms with Crippen molar-refractivity contribution >= 4 is 21.9 Å². The summed E-state index contributed by atoms with van der Waals surface area (Å²) < 4.78 is 6.23. The van der Waals surface area contributed by atoms with Crippen molar-refractivity contribution in [2.75, 3.05) is 0 Å². The molecule has 0 aliphatic carbocycles. The van der Waals surface area contributed by atoms with Crippen molar-refractivity contribution in [1.82, 2.24) is 19.9 Å². The first-order valence-corrected chi connectivity index (χ1v) is 17.1. The molecule has 0 saturated heterocycles. The number of hydrogen-bond donors (Lipinski definition) is 0. The van der Waals surface area contributed by atoms with E-state index in [0.29, 0.717) is 17.5 Å². The number of rotatable bonds is 6. The highest BCUT2D eigenvalue weighted by atomic mass is 16.3. The van der Waals surface area contributed by atoms with Gasteiger partial charge in [-0.05, 0) is 77.6 Å². The van der Waals surface area contributed by atoms with Crippen molar-refractivity contribution in [3.05, 3.63) is 169 Å². The SMILES string of the molecule is Cc1ccc(-c2nc(-c3ccc(-c4c(-c5ccccc5)cccc4-c4ccccc4)cc3)nc(-c3ccc4c(c3)oc3ccccc34)n2)c(C)n1. The number of benzene rings is 6. The smallest absolute Gasteiger partial charge is 0.165 e. The molecule has 242 valence electrons. The number of furan rings is 1. The summed E-state index contributed by atoms with van der Waals surface area (Å²) in [5, 5.41) is 2.14. The summed E-state index contributed by atoms with van der Waals surface area (Å²) in [6, 6.07) is 54.5. The van der Waals surface area contributed by atoms with E-state index in [2.05, 4.69) is 121 Å². The highest BCUT2D eigenvalue weighted by molar-refractivity contribution is 6.05. The second-order valence-corrected chi connectivity index (χ2v) is 12.7. The van der Waals surface area contributed by atoms with Crippen molar-refractivity contribution in [3.63, 3.8) is 0 Å². The number of hydrogen-bond acceptors (Lipinski definition) is 5. The molecule has 0 radical (unpaired) electrons. The molecule has 3 heterocycles. The van der Waals surface area contributed by atoms with Crippen LogP contribution in [-0.2, 0) is 0 Å². The number of aryl methyl sites for hydroxylation is 2. The van der Waals surface area contributed by atoms with Crippen LogP contribution in [0.25, 0.3) is 89.5 Å². The maximum absolute atomic E-state index is 6.23. The van der Waals surface area contributed by atoms with Crippen LogP contribution in [0.4, 0.5) is 0 Å². The predicted octanol–water partition coefficient (Wildman–Crippen LogP) is 11.8. The van der Waals surface area contributed by atoms with Crippen LogP contribution in [0.1, 0.15) is 11.4 Å². The maximum Gasteiger partial charge on any atom is 0.165 e. The first kappa shape index (κ1) is 30.3. The van der Waals surface area contributed by atoms with E-state index >= 15 is 0 Å². The highest BCUT2D eigenvalue weighted by Crippen LogP contribution is 2.41. The van der Waals surface area contributed by atoms with Crippen LogP contribution >= 0.6 is 0 Å². The maximum atomic E-state index is 6.23. The standard InChI is InChI=1S/C46H32N4O/c1-29-20-26-36(30(2)47-29)46-49-44(48-45(50-46)35-25-27-40-39-16-9-10-19-41(39)51-42(40)28-35)34-23-21-33(22-24-34)43-37(31-12-5-3-6-13-31)17-11-18-38(43)32-14-7-4-8-15-32/h3-28H,1-2H3. The number of fused-ring (bicyclic) bond motifs is 3. The van der Waals surface area contributed by atoms with E-state index in [4.69, 9.17) is 24.4 Å². The summed E-state index contributed by atoms with van der Waals surface area (Å²) in [5.41, 5.74) is 13.1. The first-order chi connectivity index (χ1) is 25.1. The largest absolute Gasteiger partial charge is 0.456 e. The van der Waals surface area contributed by atoms with Gasteiger partial charge in [0.15, 0.2) is 17.5 Å². The molecule has 0 saturated carbocycles. The summed E-state index contributed by atoms with van der Waals surface area (Å²) in [4.78, 5) is 19.8. The van der Waals surface area contributed by atoms with Crippen molar-refractivity contribution < 1.29 is 4.42 Å². The summed E-state index contributed by atoms with van der Waals surface area (Å²) in [6.45, 7) is 3.99. The molecule has 5 heteroatoms. The Kier molecular flexibility index (Phi) is 7.51. The number of pyridine rings is 1. The lowest BCUT2D eigenvalue weighted by Gasteiger charge is -2.17. The van der Waals surface area contributed by atoms with Gasteiger partial charge in [-0.25, -0.2) is 15.0 Å². The van der Waals surface area contributed by atoms with Crippen molar-refractivity contribution in [1.29, 1.82) is 0 Å². The van der Waals surface area contributed by atoms with E-state index in [-0.39, 0.29) is 0 Å². The lowest BCUT2D eigenvalue weighted by atomic mass is 9.87. The zero-order valence-electron chi connectivity index (χ0n) is 28.2. The Hall–Kier alpha value is -6.72. The summed E-state index contributed by atoms with van der Waals surface area (Å²) >= 11 is 0. The predicted molar refractivity (Wildman–Crippen MR) is 207 cm³/mol. The quantitative estimate of drug-likeness (QED) is 0.178. The van der Waals surface area contributed by atoms with Gasteiger partial charge in [-0.2, -0.15) is 0 Å². The minimum atomic E-state index is 0.571. The van der Waals surface area contributed by atoms with Crippen LogP contribution in [-0.4, -0.2) is 19.9 Å². The van der Waals surface area contributed by atoms with Crippen LogP contribution in [0.15, 0.2) is 162 Å². The molecule has 9 rings (SSSR count). The fraction of sp³-hybridized carbons (Fsp3) is 0.0435. The molecule has 9 aromatic rings. The van der Waals surface area contributed by atoms with E-state index in [1.54, 1.807) is 0 Å². The fourth-order valence-electron chi connectivity index (χ4n) is 6.91. The Labute approximate surface area is 296 Å². The zero-order valence-corrected chi connectivity index (χ0v) is 28.2. The molecule has 0 amide bonds. The molecule has 0 atom stereocenters. The van der Waals surface area contributed by atoms with Crippen LogP contribution in [0, 0.1) is 13.8 Å². The van der Waals surface area contributed by atoms with Gasteiger partial charge in [0.05, 0.1) is 0 Å². The van der Waals surface area contributed by atoms with Crippen LogP contribution in [0.2, 0.25) is 0 Å². The topological polar surface area (TPSA) is 64.7 Å². The molecule has 0 fully saturated rings. The minimum Gasteiger partial charge on any atom is -0.456 e. The van der Waals surface area contributed by atoms with E-state index in [0.717, 1.165) is 55.6 Å². The normalized spacial score (nSPS) is 11.3. The molecule has 0 spiro atoms. The number of para-hydroxylation sites is 1. The molecule has 3 aromatic heterocycles. The number of aromatic nitrogens is 4. The van der Waals surface area contributed by atoms with E-state index in [1.807, 2.05) is 50.2 Å². The Morgan fingerprint density at radius 1 is 0.373 bits per heavy atom. The minimum absolute atomic E-state index is 0.571. The number of nitrogens with zero attached hydrogens (tertiary/aromatic N) is 4. The molecule has 51 heavy (non-hydrogen) atoms. The molecule has 0 aliphatic heterocycles. The molecule has 6 aromatic carbocycles. The average Bonchev–Trinajstić information content (AvgIpc) is 3.56. The highest BCUT2D eigenvalue weighted by Gasteiger charge is 2.18. The molecular weight excluding hydrogens is 625 g/mol. The molecule has 0 bridgehead atoms. The molecule has 0 aliphatic rings. The van der Waals surface area contributed by atoms with E-state index in [1.165, 1.54) is 27.8 Å². The Morgan fingerprint density at radius 3 is 1.63 bits per heavy atom. The van der Waals surface area contributed by atoms with E-state index in [9.17, 15) is 0 Å². The monoisotopic (exact) mass is 656 g/mol. The van der Waals surface area contributed by atoms with Gasteiger partial charge < -0.3 is 4.42 Å². The zero-order chi connectivity index (χ0) is 34.3. The van der Waals surface area contributed by atoms with Gasteiger partial charge in [-0.1, -0.05) is 127 Å². The van der Waals surface area contributed by atoms with Crippen LogP contribution in [0.5, 0.6) is 0 Å². The molecule has 0 unspecified atom stereocenters. The van der Waals surface area contributed by atoms with Gasteiger partial charge in [-0.15, -0.1) is 0 Å². The molecule has 0 N–H and O–H groups in total. The fourth-order valence-corrected chi connectivity index (χ4v) is 6.91. The second kappa shape index (κ2) is 12.6. The Morgan fingerprint density at radius 2 is 0.941 bits per heavy atom. The van der Waals surface area contributed by atoms with Crippen LogP contribution in [0.3, 0.4) is 0 Å². The third kappa shape index (κ3) is 5.65. The van der Waals surface area contributed by atoms with Gasteiger partial charge in [0.25, 0.3) is 0 Å². The van der Waals surface area contributed by atoms with Gasteiger partial charge in [0.2, 0.25) is 0 Å². The summed E-state index contributed by atoms with van der Waals surface area (Å²) in [7, 11) is 0. The molecule has 5 nitrogen and oxygen atoms in total. The summed E-state index contributed by atoms with van der Waals surface area (Å²) in [6.07, 6.45) is 0. The van der Waals surface area contributed by atoms with Gasteiger partial charge in [0.1, 0.15) is 11.2 Å². The second-order valence-electron chi connectivity index (χ2n) is 12.7.